The van der Waals surface area contributed by atoms with Crippen molar-refractivity contribution in [2.24, 2.45) is 5.92 Å². The number of allylic oxidation sites excluding steroid dienone is 5. The van der Waals surface area contributed by atoms with Crippen LogP contribution in [0.5, 0.6) is 0 Å². The molecular formula is C24H23F. The second-order valence-electron chi connectivity index (χ2n) is 7.30. The van der Waals surface area contributed by atoms with Crippen molar-refractivity contribution in [1.29, 1.82) is 0 Å². The predicted octanol–water partition coefficient (Wildman–Crippen LogP) is 6.66. The molecule has 0 saturated heterocycles. The minimum absolute atomic E-state index is 0.181. The molecule has 0 heterocycles. The Morgan fingerprint density at radius 1 is 0.800 bits per heavy atom. The summed E-state index contributed by atoms with van der Waals surface area (Å²) in [5, 5.41) is 0. The maximum absolute atomic E-state index is 13.8. The zero-order chi connectivity index (χ0) is 17.7. The molecule has 0 aliphatic heterocycles. The first-order valence-corrected chi connectivity index (χ1v) is 8.91. The monoisotopic (exact) mass is 330 g/mol. The van der Waals surface area contributed by atoms with Gasteiger partial charge in [0.2, 0.25) is 0 Å². The molecule has 2 aliphatic carbocycles. The molecule has 0 bridgehead atoms. The van der Waals surface area contributed by atoms with Gasteiger partial charge in [-0.2, -0.15) is 0 Å². The molecule has 2 aromatic carbocycles. The lowest BCUT2D eigenvalue weighted by Crippen LogP contribution is -2.11. The number of halogens is 1. The van der Waals surface area contributed by atoms with Crippen LogP contribution in [-0.4, -0.2) is 0 Å². The van der Waals surface area contributed by atoms with E-state index < -0.39 is 0 Å². The molecule has 0 nitrogen and oxygen atoms in total. The fourth-order valence-corrected chi connectivity index (χ4v) is 4.50. The minimum Gasteiger partial charge on any atom is -0.207 e. The van der Waals surface area contributed by atoms with E-state index in [1.165, 1.54) is 39.5 Å². The van der Waals surface area contributed by atoms with Crippen molar-refractivity contribution in [1.82, 2.24) is 0 Å². The standard InChI is InChI=1S/C24H23F/c1-14-15(2)17(4)24(16(14)3)23-13-22(18-8-7-9-19(25)12-18)20-10-5-6-11-21(20)23/h5-13,23-24H,1-4H3. The number of rotatable bonds is 2. The summed E-state index contributed by atoms with van der Waals surface area (Å²) in [6.07, 6.45) is 2.35. The quantitative estimate of drug-likeness (QED) is 0.578. The van der Waals surface area contributed by atoms with E-state index in [0.717, 1.165) is 11.1 Å². The van der Waals surface area contributed by atoms with Gasteiger partial charge in [-0.1, -0.05) is 53.6 Å². The van der Waals surface area contributed by atoms with Crippen LogP contribution in [0, 0.1) is 11.7 Å². The molecule has 2 aliphatic rings. The maximum atomic E-state index is 13.8. The van der Waals surface area contributed by atoms with Gasteiger partial charge in [0.15, 0.2) is 0 Å². The minimum atomic E-state index is -0.181. The largest absolute Gasteiger partial charge is 0.207 e. The summed E-state index contributed by atoms with van der Waals surface area (Å²) in [5.41, 5.74) is 10.5. The first kappa shape index (κ1) is 16.1. The van der Waals surface area contributed by atoms with Crippen LogP contribution >= 0.6 is 0 Å². The van der Waals surface area contributed by atoms with Crippen molar-refractivity contribution in [3.8, 4) is 0 Å². The van der Waals surface area contributed by atoms with Crippen LogP contribution in [0.15, 0.2) is 76.9 Å². The van der Waals surface area contributed by atoms with Crippen LogP contribution in [0.4, 0.5) is 4.39 Å². The van der Waals surface area contributed by atoms with Crippen molar-refractivity contribution < 1.29 is 4.39 Å². The number of hydrogen-bond acceptors (Lipinski definition) is 0. The third-order valence-electron chi connectivity index (χ3n) is 6.13. The number of fused-ring (bicyclic) bond motifs is 1. The van der Waals surface area contributed by atoms with Gasteiger partial charge in [-0.05, 0) is 73.2 Å². The van der Waals surface area contributed by atoms with E-state index in [9.17, 15) is 4.39 Å². The predicted molar refractivity (Wildman–Crippen MR) is 103 cm³/mol. The van der Waals surface area contributed by atoms with Crippen molar-refractivity contribution in [3.05, 3.63) is 99.4 Å². The molecule has 0 radical (unpaired) electrons. The van der Waals surface area contributed by atoms with Gasteiger partial charge in [0.05, 0.1) is 0 Å². The van der Waals surface area contributed by atoms with Gasteiger partial charge in [0, 0.05) is 11.8 Å². The molecule has 0 saturated carbocycles. The van der Waals surface area contributed by atoms with Crippen molar-refractivity contribution in [2.75, 3.05) is 0 Å². The van der Waals surface area contributed by atoms with E-state index in [1.54, 1.807) is 12.1 Å². The summed E-state index contributed by atoms with van der Waals surface area (Å²) in [6.45, 7) is 8.98. The smallest absolute Gasteiger partial charge is 0.123 e. The maximum Gasteiger partial charge on any atom is 0.123 e. The summed E-state index contributed by atoms with van der Waals surface area (Å²) < 4.78 is 13.8. The Hall–Kier alpha value is -2.41. The van der Waals surface area contributed by atoms with Crippen LogP contribution in [0.25, 0.3) is 5.57 Å². The topological polar surface area (TPSA) is 0 Å². The Morgan fingerprint density at radius 3 is 2.16 bits per heavy atom. The summed E-state index contributed by atoms with van der Waals surface area (Å²) >= 11 is 0. The summed E-state index contributed by atoms with van der Waals surface area (Å²) in [5.74, 6) is 0.549. The van der Waals surface area contributed by atoms with Crippen LogP contribution in [0.1, 0.15) is 50.3 Å². The molecule has 0 amide bonds. The van der Waals surface area contributed by atoms with E-state index in [-0.39, 0.29) is 5.82 Å². The highest BCUT2D eigenvalue weighted by Crippen LogP contribution is 2.51. The fraction of sp³-hybridized carbons (Fsp3) is 0.250. The molecule has 2 aromatic rings. The molecule has 0 aromatic heterocycles. The zero-order valence-corrected chi connectivity index (χ0v) is 15.2. The summed E-state index contributed by atoms with van der Waals surface area (Å²) in [4.78, 5) is 0. The second-order valence-corrected chi connectivity index (χ2v) is 7.30. The zero-order valence-electron chi connectivity index (χ0n) is 15.2. The molecule has 4 rings (SSSR count). The highest BCUT2D eigenvalue weighted by atomic mass is 19.1. The molecular weight excluding hydrogens is 307 g/mol. The Kier molecular flexibility index (Phi) is 3.76. The summed E-state index contributed by atoms with van der Waals surface area (Å²) in [6, 6.07) is 15.5. The van der Waals surface area contributed by atoms with E-state index in [2.05, 4.69) is 58.0 Å². The van der Waals surface area contributed by atoms with Crippen LogP contribution < -0.4 is 0 Å². The Balaban J connectivity index is 1.88. The highest BCUT2D eigenvalue weighted by molar-refractivity contribution is 5.86. The SMILES string of the molecule is CC1=C(C)C(C2C=C(c3cccc(F)c3)c3ccccc32)C(C)=C1C. The number of hydrogen-bond donors (Lipinski definition) is 0. The van der Waals surface area contributed by atoms with Crippen molar-refractivity contribution in [3.63, 3.8) is 0 Å². The Morgan fingerprint density at radius 2 is 1.48 bits per heavy atom. The van der Waals surface area contributed by atoms with Gasteiger partial charge in [-0.25, -0.2) is 4.39 Å². The lowest BCUT2D eigenvalue weighted by molar-refractivity contribution is 0.627. The molecule has 0 spiro atoms. The van der Waals surface area contributed by atoms with Gasteiger partial charge in [-0.15, -0.1) is 0 Å². The average Bonchev–Trinajstić information content (AvgIpc) is 3.07. The molecule has 25 heavy (non-hydrogen) atoms. The molecule has 1 unspecified atom stereocenters. The van der Waals surface area contributed by atoms with Gasteiger partial charge >= 0.3 is 0 Å². The third-order valence-corrected chi connectivity index (χ3v) is 6.13. The first-order chi connectivity index (χ1) is 12.0. The van der Waals surface area contributed by atoms with E-state index in [0.29, 0.717) is 11.8 Å². The Bertz CT molecular complexity index is 932. The molecule has 1 heteroatoms. The Labute approximate surface area is 149 Å². The van der Waals surface area contributed by atoms with Crippen LogP contribution in [-0.2, 0) is 0 Å². The van der Waals surface area contributed by atoms with Crippen LogP contribution in [0.2, 0.25) is 0 Å². The van der Waals surface area contributed by atoms with E-state index >= 15 is 0 Å². The third kappa shape index (κ3) is 2.41. The molecule has 1 atom stereocenters. The number of benzene rings is 2. The van der Waals surface area contributed by atoms with E-state index in [4.69, 9.17) is 0 Å². The molecule has 126 valence electrons. The molecule has 0 fully saturated rings. The fourth-order valence-electron chi connectivity index (χ4n) is 4.50. The lowest BCUT2D eigenvalue weighted by Gasteiger charge is -2.23. The average molecular weight is 330 g/mol. The van der Waals surface area contributed by atoms with Gasteiger partial charge in [0.25, 0.3) is 0 Å². The van der Waals surface area contributed by atoms with Gasteiger partial charge < -0.3 is 0 Å². The second kappa shape index (κ2) is 5.84. The van der Waals surface area contributed by atoms with Crippen molar-refractivity contribution in [2.45, 2.75) is 33.6 Å². The van der Waals surface area contributed by atoms with Crippen molar-refractivity contribution >= 4 is 5.57 Å². The lowest BCUT2D eigenvalue weighted by atomic mass is 9.81. The summed E-state index contributed by atoms with van der Waals surface area (Å²) in [7, 11) is 0. The van der Waals surface area contributed by atoms with Crippen LogP contribution in [0.3, 0.4) is 0 Å². The van der Waals surface area contributed by atoms with Gasteiger partial charge in [-0.3, -0.25) is 0 Å². The highest BCUT2D eigenvalue weighted by Gasteiger charge is 2.35. The molecule has 0 N–H and O–H groups in total. The van der Waals surface area contributed by atoms with Gasteiger partial charge in [0.1, 0.15) is 5.82 Å². The van der Waals surface area contributed by atoms with E-state index in [1.807, 2.05) is 6.07 Å². The first-order valence-electron chi connectivity index (χ1n) is 8.91. The normalized spacial score (nSPS) is 20.4.